The van der Waals surface area contributed by atoms with Gasteiger partial charge in [-0.05, 0) is 19.4 Å². The number of aryl methyl sites for hydroxylation is 1. The predicted octanol–water partition coefficient (Wildman–Crippen LogP) is 1.08. The molecule has 0 unspecified atom stereocenters. The largest absolute Gasteiger partial charge is 0.369 e. The predicted molar refractivity (Wildman–Crippen MR) is 75.0 cm³/mol. The SMILES string of the molecule is Cn1ncc2c(NCCC3=CCNCC3)ncnc21. The van der Waals surface area contributed by atoms with Crippen molar-refractivity contribution in [3.05, 3.63) is 24.2 Å². The Morgan fingerprint density at radius 1 is 1.42 bits per heavy atom. The minimum Gasteiger partial charge on any atom is -0.369 e. The molecule has 1 aliphatic heterocycles. The molecule has 0 aliphatic carbocycles. The lowest BCUT2D eigenvalue weighted by Crippen LogP contribution is -2.21. The first-order valence-corrected chi connectivity index (χ1v) is 6.60. The van der Waals surface area contributed by atoms with Gasteiger partial charge in [-0.3, -0.25) is 4.68 Å². The monoisotopic (exact) mass is 258 g/mol. The molecule has 6 nitrogen and oxygen atoms in total. The lowest BCUT2D eigenvalue weighted by molar-refractivity contribution is 0.683. The molecule has 2 aromatic heterocycles. The number of nitrogens with one attached hydrogen (secondary N) is 2. The zero-order valence-corrected chi connectivity index (χ0v) is 11.1. The van der Waals surface area contributed by atoms with E-state index in [1.54, 1.807) is 11.0 Å². The van der Waals surface area contributed by atoms with Crippen LogP contribution in [0.2, 0.25) is 0 Å². The summed E-state index contributed by atoms with van der Waals surface area (Å²) in [5.74, 6) is 0.868. The number of hydrogen-bond acceptors (Lipinski definition) is 5. The van der Waals surface area contributed by atoms with Crippen LogP contribution in [0.15, 0.2) is 24.2 Å². The second-order valence-electron chi connectivity index (χ2n) is 4.72. The summed E-state index contributed by atoms with van der Waals surface area (Å²) in [5.41, 5.74) is 2.38. The van der Waals surface area contributed by atoms with Crippen LogP contribution in [-0.2, 0) is 7.05 Å². The van der Waals surface area contributed by atoms with E-state index in [1.807, 2.05) is 13.2 Å². The lowest BCUT2D eigenvalue weighted by atomic mass is 10.1. The fourth-order valence-corrected chi connectivity index (χ4v) is 2.34. The van der Waals surface area contributed by atoms with Crippen molar-refractivity contribution in [2.45, 2.75) is 12.8 Å². The number of hydrogen-bond donors (Lipinski definition) is 2. The topological polar surface area (TPSA) is 67.7 Å². The minimum absolute atomic E-state index is 0.860. The van der Waals surface area contributed by atoms with Crippen molar-refractivity contribution in [3.63, 3.8) is 0 Å². The van der Waals surface area contributed by atoms with Gasteiger partial charge in [-0.25, -0.2) is 9.97 Å². The van der Waals surface area contributed by atoms with E-state index in [0.717, 1.165) is 49.3 Å². The van der Waals surface area contributed by atoms with Crippen molar-refractivity contribution in [2.24, 2.45) is 7.05 Å². The van der Waals surface area contributed by atoms with Crippen LogP contribution in [-0.4, -0.2) is 39.4 Å². The van der Waals surface area contributed by atoms with Crippen LogP contribution in [0.5, 0.6) is 0 Å². The molecule has 6 heteroatoms. The summed E-state index contributed by atoms with van der Waals surface area (Å²) >= 11 is 0. The normalized spacial score (nSPS) is 15.5. The van der Waals surface area contributed by atoms with Gasteiger partial charge in [0.15, 0.2) is 5.65 Å². The zero-order valence-electron chi connectivity index (χ0n) is 11.1. The van der Waals surface area contributed by atoms with Crippen LogP contribution in [0, 0.1) is 0 Å². The van der Waals surface area contributed by atoms with E-state index in [9.17, 15) is 0 Å². The molecule has 100 valence electrons. The average Bonchev–Trinajstić information content (AvgIpc) is 2.83. The summed E-state index contributed by atoms with van der Waals surface area (Å²) < 4.78 is 1.76. The van der Waals surface area contributed by atoms with Crippen molar-refractivity contribution in [2.75, 3.05) is 25.0 Å². The van der Waals surface area contributed by atoms with Gasteiger partial charge in [-0.15, -0.1) is 0 Å². The highest BCUT2D eigenvalue weighted by molar-refractivity contribution is 5.85. The Balaban J connectivity index is 1.66. The molecular formula is C13H18N6. The van der Waals surface area contributed by atoms with E-state index < -0.39 is 0 Å². The first kappa shape index (κ1) is 12.1. The van der Waals surface area contributed by atoms with Gasteiger partial charge in [0.25, 0.3) is 0 Å². The zero-order chi connectivity index (χ0) is 13.1. The van der Waals surface area contributed by atoms with Gasteiger partial charge in [0, 0.05) is 20.1 Å². The molecule has 3 rings (SSSR count). The van der Waals surface area contributed by atoms with E-state index in [0.29, 0.717) is 0 Å². The molecule has 2 aromatic rings. The van der Waals surface area contributed by atoms with Crippen LogP contribution >= 0.6 is 0 Å². The molecule has 2 N–H and O–H groups in total. The van der Waals surface area contributed by atoms with Gasteiger partial charge in [0.05, 0.1) is 11.6 Å². The molecule has 1 aliphatic rings. The summed E-state index contributed by atoms with van der Waals surface area (Å²) in [4.78, 5) is 8.52. The Bertz CT molecular complexity index is 600. The maximum Gasteiger partial charge on any atom is 0.163 e. The number of aromatic nitrogens is 4. The average molecular weight is 258 g/mol. The summed E-state index contributed by atoms with van der Waals surface area (Å²) in [6, 6.07) is 0. The van der Waals surface area contributed by atoms with Crippen molar-refractivity contribution < 1.29 is 0 Å². The van der Waals surface area contributed by atoms with E-state index >= 15 is 0 Å². The Labute approximate surface area is 111 Å². The summed E-state index contributed by atoms with van der Waals surface area (Å²) in [6.45, 7) is 2.98. The molecule has 0 spiro atoms. The summed E-state index contributed by atoms with van der Waals surface area (Å²) in [5, 5.41) is 11.9. The molecule has 0 amide bonds. The van der Waals surface area contributed by atoms with Gasteiger partial charge in [0.1, 0.15) is 12.1 Å². The third-order valence-corrected chi connectivity index (χ3v) is 3.43. The fourth-order valence-electron chi connectivity index (χ4n) is 2.34. The molecule has 0 atom stereocenters. The van der Waals surface area contributed by atoms with Gasteiger partial charge < -0.3 is 10.6 Å². The third kappa shape index (κ3) is 2.58. The van der Waals surface area contributed by atoms with E-state index in [4.69, 9.17) is 0 Å². The second kappa shape index (κ2) is 5.36. The smallest absolute Gasteiger partial charge is 0.163 e. The Kier molecular flexibility index (Phi) is 3.41. The van der Waals surface area contributed by atoms with Crippen molar-refractivity contribution in [3.8, 4) is 0 Å². The number of rotatable bonds is 4. The van der Waals surface area contributed by atoms with Gasteiger partial charge >= 0.3 is 0 Å². The minimum atomic E-state index is 0.860. The van der Waals surface area contributed by atoms with Crippen LogP contribution in [0.3, 0.4) is 0 Å². The van der Waals surface area contributed by atoms with E-state index in [-0.39, 0.29) is 0 Å². The van der Waals surface area contributed by atoms with Crippen LogP contribution in [0.4, 0.5) is 5.82 Å². The maximum absolute atomic E-state index is 4.30. The fraction of sp³-hybridized carbons (Fsp3) is 0.462. The molecule has 3 heterocycles. The molecule has 0 aromatic carbocycles. The van der Waals surface area contributed by atoms with Crippen molar-refractivity contribution in [1.29, 1.82) is 0 Å². The number of nitrogens with zero attached hydrogens (tertiary/aromatic N) is 4. The van der Waals surface area contributed by atoms with Crippen LogP contribution < -0.4 is 10.6 Å². The maximum atomic E-state index is 4.30. The van der Waals surface area contributed by atoms with E-state index in [1.165, 1.54) is 5.57 Å². The van der Waals surface area contributed by atoms with Gasteiger partial charge in [0.2, 0.25) is 0 Å². The van der Waals surface area contributed by atoms with E-state index in [2.05, 4.69) is 31.8 Å². The molecule has 0 saturated heterocycles. The Morgan fingerprint density at radius 3 is 3.21 bits per heavy atom. The molecule has 0 saturated carbocycles. The Morgan fingerprint density at radius 2 is 2.37 bits per heavy atom. The molecule has 0 radical (unpaired) electrons. The quantitative estimate of drug-likeness (QED) is 0.803. The van der Waals surface area contributed by atoms with Crippen LogP contribution in [0.25, 0.3) is 11.0 Å². The first-order chi connectivity index (χ1) is 9.34. The second-order valence-corrected chi connectivity index (χ2v) is 4.72. The first-order valence-electron chi connectivity index (χ1n) is 6.60. The summed E-state index contributed by atoms with van der Waals surface area (Å²) in [6.07, 6.45) is 7.88. The number of fused-ring (bicyclic) bond motifs is 1. The number of anilines is 1. The van der Waals surface area contributed by atoms with Crippen molar-refractivity contribution >= 4 is 16.9 Å². The molecular weight excluding hydrogens is 240 g/mol. The summed E-state index contributed by atoms with van der Waals surface area (Å²) in [7, 11) is 1.89. The van der Waals surface area contributed by atoms with Crippen molar-refractivity contribution in [1.82, 2.24) is 25.1 Å². The highest BCUT2D eigenvalue weighted by atomic mass is 15.3. The van der Waals surface area contributed by atoms with Gasteiger partial charge in [-0.2, -0.15) is 5.10 Å². The van der Waals surface area contributed by atoms with Crippen LogP contribution in [0.1, 0.15) is 12.8 Å². The molecule has 19 heavy (non-hydrogen) atoms. The lowest BCUT2D eigenvalue weighted by Gasteiger charge is -2.14. The van der Waals surface area contributed by atoms with Gasteiger partial charge in [-0.1, -0.05) is 11.6 Å². The highest BCUT2D eigenvalue weighted by Gasteiger charge is 2.08. The standard InChI is InChI=1S/C13H18N6/c1-19-13-11(8-18-19)12(16-9-17-13)15-7-4-10-2-5-14-6-3-10/h2,8-9,14H,3-7H2,1H3,(H,15,16,17). The Hall–Kier alpha value is -1.95. The molecule has 0 bridgehead atoms. The molecule has 0 fully saturated rings. The third-order valence-electron chi connectivity index (χ3n) is 3.43. The highest BCUT2D eigenvalue weighted by Crippen LogP contribution is 2.18.